The summed E-state index contributed by atoms with van der Waals surface area (Å²) >= 11 is 12.3. The molecular formula is C30H30Cl2FNO7S. The van der Waals surface area contributed by atoms with Crippen molar-refractivity contribution in [3.8, 4) is 0 Å². The molecule has 3 aromatic rings. The Morgan fingerprint density at radius 2 is 1.69 bits per heavy atom. The fourth-order valence-corrected chi connectivity index (χ4v) is 6.61. The summed E-state index contributed by atoms with van der Waals surface area (Å²) in [7, 11) is -3.81. The normalized spacial score (nSPS) is 20.9. The molecule has 2 atom stereocenters. The highest BCUT2D eigenvalue weighted by Gasteiger charge is 2.56. The third kappa shape index (κ3) is 5.34. The topological polar surface area (TPSA) is 124 Å². The van der Waals surface area contributed by atoms with Crippen molar-refractivity contribution in [1.82, 2.24) is 4.90 Å². The lowest BCUT2D eigenvalue weighted by atomic mass is 9.88. The standard InChI is InChI=1S/C30H30Cl2FNO7S/c1-28(38,15-35)20-11-23-26(24(33)12-20)30(19-4-7-21(31)8-5-19,41-17-29(16-36)9-10-29)34(27(23)37)14-18-3-6-22(32)13-25(18)42(2,39)40/h3-8,11-13,35-36,38H,9-10,14-17H2,1-2H3/t28-,30+/m0/s1. The fourth-order valence-electron chi connectivity index (χ4n) is 5.29. The van der Waals surface area contributed by atoms with Crippen LogP contribution in [0.25, 0.3) is 0 Å². The molecule has 1 aliphatic carbocycles. The molecule has 0 saturated heterocycles. The van der Waals surface area contributed by atoms with Gasteiger partial charge in [0.05, 0.1) is 42.4 Å². The number of nitrogens with zero attached hydrogens (tertiary/aromatic N) is 1. The number of benzene rings is 3. The van der Waals surface area contributed by atoms with Gasteiger partial charge in [0.2, 0.25) is 0 Å². The first-order valence-electron chi connectivity index (χ1n) is 13.2. The Hall–Kier alpha value is -2.57. The van der Waals surface area contributed by atoms with E-state index in [1.165, 1.54) is 36.1 Å². The van der Waals surface area contributed by atoms with Crippen molar-refractivity contribution in [1.29, 1.82) is 0 Å². The number of fused-ring (bicyclic) bond motifs is 1. The van der Waals surface area contributed by atoms with E-state index in [2.05, 4.69) is 0 Å². The summed E-state index contributed by atoms with van der Waals surface area (Å²) in [5.41, 5.74) is -4.09. The van der Waals surface area contributed by atoms with Crippen LogP contribution in [-0.4, -0.2) is 60.6 Å². The van der Waals surface area contributed by atoms with Crippen molar-refractivity contribution in [3.63, 3.8) is 0 Å². The lowest BCUT2D eigenvalue weighted by Crippen LogP contribution is -2.48. The van der Waals surface area contributed by atoms with Crippen LogP contribution in [0.2, 0.25) is 10.0 Å². The largest absolute Gasteiger partial charge is 0.396 e. The number of rotatable bonds is 10. The van der Waals surface area contributed by atoms with Crippen LogP contribution >= 0.6 is 23.2 Å². The molecule has 1 amide bonds. The first kappa shape index (κ1) is 30.9. The first-order chi connectivity index (χ1) is 19.7. The molecule has 0 spiro atoms. The SMILES string of the molecule is C[C@](O)(CO)c1cc(F)c2c(c1)C(=O)N(Cc1ccc(Cl)cc1S(C)(=O)=O)[C@@]2(OCC1(CO)CC1)c1ccc(Cl)cc1. The van der Waals surface area contributed by atoms with E-state index in [-0.39, 0.29) is 51.9 Å². The molecule has 12 heteroatoms. The van der Waals surface area contributed by atoms with Crippen LogP contribution in [0.15, 0.2) is 59.5 Å². The van der Waals surface area contributed by atoms with Gasteiger partial charge in [0, 0.05) is 27.3 Å². The van der Waals surface area contributed by atoms with Gasteiger partial charge in [-0.1, -0.05) is 41.4 Å². The second-order valence-electron chi connectivity index (χ2n) is 11.3. The molecule has 224 valence electrons. The van der Waals surface area contributed by atoms with Crippen LogP contribution in [0.1, 0.15) is 52.4 Å². The fraction of sp³-hybridized carbons (Fsp3) is 0.367. The van der Waals surface area contributed by atoms with Crippen LogP contribution < -0.4 is 0 Å². The number of aliphatic hydroxyl groups excluding tert-OH is 2. The van der Waals surface area contributed by atoms with Crippen LogP contribution in [0.4, 0.5) is 4.39 Å². The minimum atomic E-state index is -3.81. The van der Waals surface area contributed by atoms with Gasteiger partial charge < -0.3 is 20.1 Å². The predicted octanol–water partition coefficient (Wildman–Crippen LogP) is 4.38. The summed E-state index contributed by atoms with van der Waals surface area (Å²) < 4.78 is 48.4. The molecule has 0 unspecified atom stereocenters. The van der Waals surface area contributed by atoms with Crippen molar-refractivity contribution in [3.05, 3.63) is 98.3 Å². The molecule has 1 heterocycles. The maximum Gasteiger partial charge on any atom is 0.257 e. The predicted molar refractivity (Wildman–Crippen MR) is 154 cm³/mol. The van der Waals surface area contributed by atoms with Gasteiger partial charge in [-0.15, -0.1) is 0 Å². The molecular weight excluding hydrogens is 608 g/mol. The van der Waals surface area contributed by atoms with Crippen molar-refractivity contribution in [2.24, 2.45) is 5.41 Å². The van der Waals surface area contributed by atoms with Gasteiger partial charge >= 0.3 is 0 Å². The molecule has 8 nitrogen and oxygen atoms in total. The molecule has 3 aromatic carbocycles. The van der Waals surface area contributed by atoms with E-state index in [1.807, 2.05) is 0 Å². The molecule has 1 aliphatic heterocycles. The van der Waals surface area contributed by atoms with Crippen LogP contribution in [0.5, 0.6) is 0 Å². The van der Waals surface area contributed by atoms with Crippen LogP contribution in [0.3, 0.4) is 0 Å². The molecule has 2 aliphatic rings. The van der Waals surface area contributed by atoms with Gasteiger partial charge in [0.25, 0.3) is 5.91 Å². The van der Waals surface area contributed by atoms with Gasteiger partial charge in [-0.25, -0.2) is 12.8 Å². The van der Waals surface area contributed by atoms with Gasteiger partial charge in [0.15, 0.2) is 15.6 Å². The van der Waals surface area contributed by atoms with Gasteiger partial charge in [-0.3, -0.25) is 9.69 Å². The van der Waals surface area contributed by atoms with Crippen molar-refractivity contribution in [2.45, 2.75) is 42.5 Å². The Morgan fingerprint density at radius 3 is 2.26 bits per heavy atom. The summed E-state index contributed by atoms with van der Waals surface area (Å²) in [4.78, 5) is 15.4. The first-order valence-corrected chi connectivity index (χ1v) is 15.8. The highest BCUT2D eigenvalue weighted by Crippen LogP contribution is 2.52. The zero-order chi connectivity index (χ0) is 30.7. The van der Waals surface area contributed by atoms with Crippen LogP contribution in [0, 0.1) is 11.2 Å². The van der Waals surface area contributed by atoms with Gasteiger partial charge in [-0.2, -0.15) is 0 Å². The number of carbonyl (C=O) groups excluding carboxylic acids is 1. The van der Waals surface area contributed by atoms with E-state index in [1.54, 1.807) is 24.3 Å². The monoisotopic (exact) mass is 637 g/mol. The lowest BCUT2D eigenvalue weighted by molar-refractivity contribution is -0.130. The van der Waals surface area contributed by atoms with E-state index in [0.717, 1.165) is 12.3 Å². The summed E-state index contributed by atoms with van der Waals surface area (Å²) in [6.45, 7) is 0.0140. The summed E-state index contributed by atoms with van der Waals surface area (Å²) in [6, 6.07) is 12.9. The van der Waals surface area contributed by atoms with Crippen LogP contribution in [-0.2, 0) is 32.4 Å². The Bertz CT molecular complexity index is 1660. The second kappa shape index (κ2) is 10.9. The lowest BCUT2D eigenvalue weighted by Gasteiger charge is -2.40. The van der Waals surface area contributed by atoms with E-state index in [0.29, 0.717) is 23.4 Å². The number of amides is 1. The molecule has 5 rings (SSSR count). The Balaban J connectivity index is 1.79. The maximum absolute atomic E-state index is 16.4. The number of sulfone groups is 1. The van der Waals surface area contributed by atoms with Crippen molar-refractivity contribution < 1.29 is 37.7 Å². The minimum Gasteiger partial charge on any atom is -0.396 e. The smallest absolute Gasteiger partial charge is 0.257 e. The third-order valence-electron chi connectivity index (χ3n) is 8.09. The van der Waals surface area contributed by atoms with E-state index in [9.17, 15) is 28.5 Å². The Morgan fingerprint density at radius 1 is 1.05 bits per heavy atom. The maximum atomic E-state index is 16.4. The molecule has 42 heavy (non-hydrogen) atoms. The summed E-state index contributed by atoms with van der Waals surface area (Å²) in [5, 5.41) is 31.1. The number of hydrogen-bond donors (Lipinski definition) is 3. The third-order valence-corrected chi connectivity index (χ3v) is 9.75. The highest BCUT2D eigenvalue weighted by molar-refractivity contribution is 7.90. The Kier molecular flexibility index (Phi) is 7.98. The minimum absolute atomic E-state index is 0.0289. The average molecular weight is 639 g/mol. The van der Waals surface area contributed by atoms with E-state index < -0.39 is 44.9 Å². The van der Waals surface area contributed by atoms with Crippen molar-refractivity contribution in [2.75, 3.05) is 26.1 Å². The number of carbonyl (C=O) groups is 1. The van der Waals surface area contributed by atoms with E-state index in [4.69, 9.17) is 27.9 Å². The molecule has 0 bridgehead atoms. The number of halogens is 3. The van der Waals surface area contributed by atoms with Crippen molar-refractivity contribution >= 4 is 38.9 Å². The molecule has 0 radical (unpaired) electrons. The quantitative estimate of drug-likeness (QED) is 0.301. The number of hydrogen-bond acceptors (Lipinski definition) is 7. The number of ether oxygens (including phenoxy) is 1. The summed E-state index contributed by atoms with van der Waals surface area (Å²) in [6.07, 6.45) is 2.35. The highest BCUT2D eigenvalue weighted by atomic mass is 35.5. The van der Waals surface area contributed by atoms with Gasteiger partial charge in [-0.05, 0) is 67.3 Å². The second-order valence-corrected chi connectivity index (χ2v) is 14.2. The molecule has 1 saturated carbocycles. The van der Waals surface area contributed by atoms with Gasteiger partial charge in [0.1, 0.15) is 11.4 Å². The summed E-state index contributed by atoms with van der Waals surface area (Å²) in [5.74, 6) is -1.58. The number of aliphatic hydroxyl groups is 3. The average Bonchev–Trinajstić information content (AvgIpc) is 3.69. The molecule has 1 fully saturated rings. The van der Waals surface area contributed by atoms with E-state index >= 15 is 4.39 Å². The Labute approximate surface area is 253 Å². The zero-order valence-electron chi connectivity index (χ0n) is 22.9. The zero-order valence-corrected chi connectivity index (χ0v) is 25.2. The molecule has 3 N–H and O–H groups in total. The molecule has 0 aromatic heterocycles.